The van der Waals surface area contributed by atoms with E-state index < -0.39 is 23.6 Å². The Morgan fingerprint density at radius 2 is 1.84 bits per heavy atom. The van der Waals surface area contributed by atoms with Crippen molar-refractivity contribution in [1.29, 1.82) is 0 Å². The number of phenolic OH excluding ortho intramolecular Hbond substituents is 2. The predicted molar refractivity (Wildman–Crippen MR) is 115 cm³/mol. The standard InChI is InChI=1S/C22H27N3O6/c1-22(2,3)31-21(29)24-18(14-30-13-15-7-5-4-6-8-15)20(28)25-23-12-16-9-10-17(26)11-19(16)27/h4-12,18,26-27H,13-14H2,1-3H3,(H,24,29)(H,25,28)/b23-12-/t18-/m0/s1. The topological polar surface area (TPSA) is 129 Å². The van der Waals surface area contributed by atoms with Crippen LogP contribution in [0.4, 0.5) is 4.79 Å². The Morgan fingerprint density at radius 1 is 1.13 bits per heavy atom. The summed E-state index contributed by atoms with van der Waals surface area (Å²) in [5, 5.41) is 25.3. The van der Waals surface area contributed by atoms with Crippen molar-refractivity contribution in [3.05, 3.63) is 59.7 Å². The highest BCUT2D eigenvalue weighted by molar-refractivity contribution is 5.88. The molecule has 0 fully saturated rings. The molecule has 0 heterocycles. The van der Waals surface area contributed by atoms with Crippen LogP contribution in [0.25, 0.3) is 0 Å². The van der Waals surface area contributed by atoms with Gasteiger partial charge in [0, 0.05) is 11.6 Å². The summed E-state index contributed by atoms with van der Waals surface area (Å²) < 4.78 is 10.8. The number of hydrogen-bond acceptors (Lipinski definition) is 7. The predicted octanol–water partition coefficient (Wildman–Crippen LogP) is 2.66. The second-order valence-electron chi connectivity index (χ2n) is 7.68. The van der Waals surface area contributed by atoms with Crippen molar-refractivity contribution in [2.75, 3.05) is 6.61 Å². The van der Waals surface area contributed by atoms with Gasteiger partial charge in [-0.05, 0) is 38.5 Å². The van der Waals surface area contributed by atoms with Gasteiger partial charge >= 0.3 is 6.09 Å². The largest absolute Gasteiger partial charge is 0.508 e. The highest BCUT2D eigenvalue weighted by Crippen LogP contribution is 2.20. The summed E-state index contributed by atoms with van der Waals surface area (Å²) in [6.45, 7) is 5.27. The third-order valence-electron chi connectivity index (χ3n) is 3.80. The van der Waals surface area contributed by atoms with E-state index >= 15 is 0 Å². The molecule has 2 rings (SSSR count). The smallest absolute Gasteiger partial charge is 0.408 e. The second kappa shape index (κ2) is 11.0. The van der Waals surface area contributed by atoms with Gasteiger partial charge in [0.2, 0.25) is 0 Å². The Hall–Kier alpha value is -3.59. The number of carbonyl (C=O) groups is 2. The van der Waals surface area contributed by atoms with Crippen LogP contribution in [0, 0.1) is 0 Å². The molecule has 9 nitrogen and oxygen atoms in total. The zero-order valence-electron chi connectivity index (χ0n) is 17.7. The van der Waals surface area contributed by atoms with Gasteiger partial charge in [0.25, 0.3) is 5.91 Å². The third kappa shape index (κ3) is 8.75. The Balaban J connectivity index is 1.99. The van der Waals surface area contributed by atoms with Crippen LogP contribution in [-0.2, 0) is 20.9 Å². The maximum absolute atomic E-state index is 12.5. The van der Waals surface area contributed by atoms with Gasteiger partial charge in [0.1, 0.15) is 23.1 Å². The Bertz CT molecular complexity index is 909. The fraction of sp³-hybridized carbons (Fsp3) is 0.318. The number of rotatable bonds is 8. The number of amides is 2. The molecule has 166 valence electrons. The van der Waals surface area contributed by atoms with Crippen LogP contribution in [0.15, 0.2) is 53.6 Å². The highest BCUT2D eigenvalue weighted by atomic mass is 16.6. The van der Waals surface area contributed by atoms with Gasteiger partial charge in [-0.1, -0.05) is 30.3 Å². The maximum atomic E-state index is 12.5. The van der Waals surface area contributed by atoms with E-state index in [9.17, 15) is 19.8 Å². The average molecular weight is 429 g/mol. The maximum Gasteiger partial charge on any atom is 0.408 e. The quantitative estimate of drug-likeness (QED) is 0.377. The lowest BCUT2D eigenvalue weighted by atomic mass is 10.2. The minimum Gasteiger partial charge on any atom is -0.508 e. The van der Waals surface area contributed by atoms with Gasteiger partial charge in [-0.15, -0.1) is 0 Å². The molecular weight excluding hydrogens is 402 g/mol. The molecule has 0 aromatic heterocycles. The number of hydrazone groups is 1. The zero-order chi connectivity index (χ0) is 22.9. The molecule has 2 aromatic rings. The van der Waals surface area contributed by atoms with E-state index in [1.807, 2.05) is 30.3 Å². The molecule has 0 radical (unpaired) electrons. The summed E-state index contributed by atoms with van der Waals surface area (Å²) in [6, 6.07) is 12.3. The molecular formula is C22H27N3O6. The number of hydrogen-bond donors (Lipinski definition) is 4. The monoisotopic (exact) mass is 429 g/mol. The van der Waals surface area contributed by atoms with Gasteiger partial charge in [-0.2, -0.15) is 5.10 Å². The van der Waals surface area contributed by atoms with Crippen molar-refractivity contribution in [3.8, 4) is 11.5 Å². The normalized spacial score (nSPS) is 12.4. The van der Waals surface area contributed by atoms with E-state index in [0.717, 1.165) is 11.6 Å². The summed E-state index contributed by atoms with van der Waals surface area (Å²) >= 11 is 0. The van der Waals surface area contributed by atoms with Crippen LogP contribution >= 0.6 is 0 Å². The van der Waals surface area contributed by atoms with Gasteiger partial charge in [-0.3, -0.25) is 4.79 Å². The molecule has 0 aliphatic heterocycles. The number of ether oxygens (including phenoxy) is 2. The average Bonchev–Trinajstić information content (AvgIpc) is 2.68. The van der Waals surface area contributed by atoms with Gasteiger partial charge in [0.05, 0.1) is 19.4 Å². The molecule has 0 aliphatic rings. The Morgan fingerprint density at radius 3 is 2.48 bits per heavy atom. The van der Waals surface area contributed by atoms with Crippen LogP contribution in [0.1, 0.15) is 31.9 Å². The first-order chi connectivity index (χ1) is 14.6. The molecule has 0 bridgehead atoms. The van der Waals surface area contributed by atoms with Crippen molar-refractivity contribution in [1.82, 2.24) is 10.7 Å². The fourth-order valence-electron chi connectivity index (χ4n) is 2.39. The van der Waals surface area contributed by atoms with Crippen LogP contribution in [0.3, 0.4) is 0 Å². The summed E-state index contributed by atoms with van der Waals surface area (Å²) in [5.74, 6) is -0.933. The molecule has 2 amide bonds. The van der Waals surface area contributed by atoms with Crippen LogP contribution in [-0.4, -0.2) is 46.7 Å². The van der Waals surface area contributed by atoms with E-state index in [2.05, 4.69) is 15.8 Å². The van der Waals surface area contributed by atoms with Crippen molar-refractivity contribution in [2.24, 2.45) is 5.10 Å². The van der Waals surface area contributed by atoms with Crippen molar-refractivity contribution in [2.45, 2.75) is 39.0 Å². The molecule has 0 saturated carbocycles. The molecule has 4 N–H and O–H groups in total. The first kappa shape index (κ1) is 23.7. The zero-order valence-corrected chi connectivity index (χ0v) is 17.7. The summed E-state index contributed by atoms with van der Waals surface area (Å²) in [7, 11) is 0. The van der Waals surface area contributed by atoms with Gasteiger partial charge < -0.3 is 25.0 Å². The molecule has 0 unspecified atom stereocenters. The highest BCUT2D eigenvalue weighted by Gasteiger charge is 2.24. The Labute approximate surface area is 180 Å². The van der Waals surface area contributed by atoms with E-state index in [1.165, 1.54) is 18.3 Å². The lowest BCUT2D eigenvalue weighted by Gasteiger charge is -2.22. The van der Waals surface area contributed by atoms with Crippen molar-refractivity contribution >= 4 is 18.2 Å². The molecule has 31 heavy (non-hydrogen) atoms. The number of phenols is 2. The second-order valence-corrected chi connectivity index (χ2v) is 7.68. The number of benzene rings is 2. The van der Waals surface area contributed by atoms with Crippen molar-refractivity contribution < 1.29 is 29.3 Å². The molecule has 0 spiro atoms. The molecule has 0 saturated heterocycles. The van der Waals surface area contributed by atoms with Crippen LogP contribution in [0.2, 0.25) is 0 Å². The van der Waals surface area contributed by atoms with Gasteiger partial charge in [-0.25, -0.2) is 10.2 Å². The number of carbonyl (C=O) groups excluding carboxylic acids is 2. The SMILES string of the molecule is CC(C)(C)OC(=O)N[C@@H](COCc1ccccc1)C(=O)N/N=C\c1ccc(O)cc1O. The fourth-order valence-corrected chi connectivity index (χ4v) is 2.39. The van der Waals surface area contributed by atoms with Crippen LogP contribution in [0.5, 0.6) is 11.5 Å². The third-order valence-corrected chi connectivity index (χ3v) is 3.80. The van der Waals surface area contributed by atoms with Crippen molar-refractivity contribution in [3.63, 3.8) is 0 Å². The van der Waals surface area contributed by atoms with E-state index in [-0.39, 0.29) is 30.3 Å². The Kier molecular flexibility index (Phi) is 8.39. The molecule has 9 heteroatoms. The van der Waals surface area contributed by atoms with Gasteiger partial charge in [0.15, 0.2) is 0 Å². The molecule has 1 atom stereocenters. The lowest BCUT2D eigenvalue weighted by molar-refractivity contribution is -0.124. The number of nitrogens with one attached hydrogen (secondary N) is 2. The summed E-state index contributed by atoms with van der Waals surface area (Å²) in [5.41, 5.74) is 2.77. The van der Waals surface area contributed by atoms with E-state index in [1.54, 1.807) is 20.8 Å². The number of nitrogens with zero attached hydrogens (tertiary/aromatic N) is 1. The molecule has 0 aliphatic carbocycles. The van der Waals surface area contributed by atoms with E-state index in [4.69, 9.17) is 9.47 Å². The summed E-state index contributed by atoms with van der Waals surface area (Å²) in [6.07, 6.45) is 0.443. The number of aromatic hydroxyl groups is 2. The van der Waals surface area contributed by atoms with E-state index in [0.29, 0.717) is 0 Å². The molecule has 2 aromatic carbocycles. The van der Waals surface area contributed by atoms with Crippen LogP contribution < -0.4 is 10.7 Å². The summed E-state index contributed by atoms with van der Waals surface area (Å²) in [4.78, 5) is 24.7. The number of alkyl carbamates (subject to hydrolysis) is 1. The minimum absolute atomic E-state index is 0.101. The first-order valence-corrected chi connectivity index (χ1v) is 9.60. The minimum atomic E-state index is -1.07. The first-order valence-electron chi connectivity index (χ1n) is 9.60. The lowest BCUT2D eigenvalue weighted by Crippen LogP contribution is -2.49.